The molecule has 3 rings (SSSR count). The van der Waals surface area contributed by atoms with E-state index in [0.29, 0.717) is 43.8 Å². The smallest absolute Gasteiger partial charge is 0.243 e. The number of nitrogens with one attached hydrogen (secondary N) is 1. The zero-order valence-corrected chi connectivity index (χ0v) is 16.9. The number of ether oxygens (including phenoxy) is 1. The third kappa shape index (κ3) is 4.86. The number of carbonyl (C=O) groups is 1. The molecule has 1 saturated heterocycles. The first kappa shape index (κ1) is 20.7. The van der Waals surface area contributed by atoms with Gasteiger partial charge >= 0.3 is 0 Å². The Hall–Kier alpha value is -2.04. The van der Waals surface area contributed by atoms with Crippen molar-refractivity contribution >= 4 is 27.0 Å². The highest BCUT2D eigenvalue weighted by Crippen LogP contribution is 2.23. The second-order valence-electron chi connectivity index (χ2n) is 6.87. The summed E-state index contributed by atoms with van der Waals surface area (Å²) in [6.45, 7) is 2.68. The Morgan fingerprint density at radius 1 is 1.25 bits per heavy atom. The normalized spacial score (nSPS) is 15.8. The number of nitrogens with zero attached hydrogens (tertiary/aromatic N) is 4. The van der Waals surface area contributed by atoms with Gasteiger partial charge in [-0.05, 0) is 37.5 Å². The van der Waals surface area contributed by atoms with Crippen molar-refractivity contribution in [2.75, 3.05) is 33.4 Å². The lowest BCUT2D eigenvalue weighted by molar-refractivity contribution is -0.121. The molecule has 1 aliphatic heterocycles. The van der Waals surface area contributed by atoms with Crippen molar-refractivity contribution in [2.45, 2.75) is 43.5 Å². The molecule has 1 fully saturated rings. The van der Waals surface area contributed by atoms with Crippen molar-refractivity contribution < 1.29 is 17.9 Å². The highest BCUT2D eigenvalue weighted by Gasteiger charge is 2.26. The van der Waals surface area contributed by atoms with E-state index in [1.165, 1.54) is 4.31 Å². The maximum Gasteiger partial charge on any atom is 0.243 e. The van der Waals surface area contributed by atoms with Crippen LogP contribution in [0.15, 0.2) is 23.1 Å². The average Bonchev–Trinajstić information content (AvgIpc) is 3.12. The van der Waals surface area contributed by atoms with Crippen molar-refractivity contribution in [3.05, 3.63) is 18.2 Å². The highest BCUT2D eigenvalue weighted by molar-refractivity contribution is 7.89. The maximum atomic E-state index is 12.8. The number of hydrogen-bond acceptors (Lipinski definition) is 6. The largest absolute Gasteiger partial charge is 0.385 e. The predicted octanol–water partition coefficient (Wildman–Crippen LogP) is 1.15. The zero-order valence-electron chi connectivity index (χ0n) is 16.1. The number of aromatic nitrogens is 3. The molecule has 1 aromatic carbocycles. The molecular formula is C18H27N5O4S. The van der Waals surface area contributed by atoms with Gasteiger partial charge in [0.15, 0.2) is 0 Å². The van der Waals surface area contributed by atoms with Crippen LogP contribution in [0.2, 0.25) is 0 Å². The van der Waals surface area contributed by atoms with Gasteiger partial charge in [0.05, 0.1) is 17.0 Å². The average molecular weight is 410 g/mol. The zero-order chi connectivity index (χ0) is 20.0. The monoisotopic (exact) mass is 409 g/mol. The number of fused-ring (bicyclic) bond motifs is 1. The fourth-order valence-electron chi connectivity index (χ4n) is 3.27. The van der Waals surface area contributed by atoms with Gasteiger partial charge in [-0.2, -0.15) is 4.31 Å². The molecule has 1 N–H and O–H groups in total. The molecule has 1 amide bonds. The molecule has 0 atom stereocenters. The summed E-state index contributed by atoms with van der Waals surface area (Å²) in [6.07, 6.45) is 3.90. The summed E-state index contributed by atoms with van der Waals surface area (Å²) in [6, 6.07) is 4.87. The Kier molecular flexibility index (Phi) is 6.97. The lowest BCUT2D eigenvalue weighted by Gasteiger charge is -2.25. The summed E-state index contributed by atoms with van der Waals surface area (Å²) < 4.78 is 33.7. The van der Waals surface area contributed by atoms with Crippen LogP contribution in [-0.2, 0) is 26.1 Å². The van der Waals surface area contributed by atoms with Crippen LogP contribution in [0.3, 0.4) is 0 Å². The summed E-state index contributed by atoms with van der Waals surface area (Å²) in [5, 5.41) is 11.0. The summed E-state index contributed by atoms with van der Waals surface area (Å²) >= 11 is 0. The van der Waals surface area contributed by atoms with Gasteiger partial charge in [-0.1, -0.05) is 11.6 Å². The molecule has 0 saturated carbocycles. The molecule has 2 aromatic rings. The van der Waals surface area contributed by atoms with Gasteiger partial charge in [0.25, 0.3) is 0 Å². The van der Waals surface area contributed by atoms with Gasteiger partial charge in [-0.3, -0.25) is 4.79 Å². The first-order valence-electron chi connectivity index (χ1n) is 9.61. The number of hydrogen-bond donors (Lipinski definition) is 1. The van der Waals surface area contributed by atoms with Crippen LogP contribution in [0.5, 0.6) is 0 Å². The molecule has 0 spiro atoms. The molecule has 0 radical (unpaired) electrons. The molecule has 2 heterocycles. The summed E-state index contributed by atoms with van der Waals surface area (Å²) in [5.74, 6) is -0.0657. The first-order valence-corrected chi connectivity index (χ1v) is 11.1. The van der Waals surface area contributed by atoms with Crippen LogP contribution in [0.1, 0.15) is 32.1 Å². The van der Waals surface area contributed by atoms with Gasteiger partial charge in [0.1, 0.15) is 5.52 Å². The van der Waals surface area contributed by atoms with E-state index >= 15 is 0 Å². The van der Waals surface area contributed by atoms with Crippen LogP contribution in [0.25, 0.3) is 11.0 Å². The SMILES string of the molecule is COCCCNC(=O)CCn1nnc2cc(S(=O)(=O)N3CCCCC3)ccc21. The number of piperidine rings is 1. The van der Waals surface area contributed by atoms with Gasteiger partial charge in [0.2, 0.25) is 15.9 Å². The van der Waals surface area contributed by atoms with Crippen LogP contribution >= 0.6 is 0 Å². The fraction of sp³-hybridized carbons (Fsp3) is 0.611. The Morgan fingerprint density at radius 2 is 2.04 bits per heavy atom. The highest BCUT2D eigenvalue weighted by atomic mass is 32.2. The van der Waals surface area contributed by atoms with Crippen molar-refractivity contribution in [1.29, 1.82) is 0 Å². The number of aryl methyl sites for hydroxylation is 1. The lowest BCUT2D eigenvalue weighted by atomic mass is 10.2. The van der Waals surface area contributed by atoms with E-state index in [9.17, 15) is 13.2 Å². The number of sulfonamides is 1. The molecule has 0 unspecified atom stereocenters. The molecule has 28 heavy (non-hydrogen) atoms. The van der Waals surface area contributed by atoms with Gasteiger partial charge in [-0.25, -0.2) is 13.1 Å². The van der Waals surface area contributed by atoms with Gasteiger partial charge in [0, 0.05) is 39.8 Å². The summed E-state index contributed by atoms with van der Waals surface area (Å²) in [5.41, 5.74) is 1.23. The van der Waals surface area contributed by atoms with E-state index in [4.69, 9.17) is 4.74 Å². The lowest BCUT2D eigenvalue weighted by Crippen LogP contribution is -2.35. The van der Waals surface area contributed by atoms with Crippen molar-refractivity contribution in [1.82, 2.24) is 24.6 Å². The third-order valence-electron chi connectivity index (χ3n) is 4.84. The summed E-state index contributed by atoms with van der Waals surface area (Å²) in [4.78, 5) is 12.1. The van der Waals surface area contributed by atoms with Crippen LogP contribution < -0.4 is 5.32 Å². The number of rotatable bonds is 9. The molecule has 0 aliphatic carbocycles. The number of benzene rings is 1. The van der Waals surface area contributed by atoms with Crippen LogP contribution in [0.4, 0.5) is 0 Å². The fourth-order valence-corrected chi connectivity index (χ4v) is 4.81. The van der Waals surface area contributed by atoms with E-state index in [1.807, 2.05) is 0 Å². The van der Waals surface area contributed by atoms with Crippen LogP contribution in [-0.4, -0.2) is 67.0 Å². The number of carbonyl (C=O) groups excluding carboxylic acids is 1. The number of methoxy groups -OCH3 is 1. The standard InChI is InChI=1S/C18H27N5O4S/c1-27-13-5-9-19-18(24)8-12-23-17-7-6-15(14-16(17)20-21-23)28(25,26)22-10-3-2-4-11-22/h6-7,14H,2-5,8-13H2,1H3,(H,19,24). The van der Waals surface area contributed by atoms with Crippen molar-refractivity contribution in [2.24, 2.45) is 0 Å². The molecular weight excluding hydrogens is 382 g/mol. The second-order valence-corrected chi connectivity index (χ2v) is 8.81. The summed E-state index contributed by atoms with van der Waals surface area (Å²) in [7, 11) is -1.88. The van der Waals surface area contributed by atoms with E-state index in [1.54, 1.807) is 30.0 Å². The van der Waals surface area contributed by atoms with Gasteiger partial charge in [-0.15, -0.1) is 5.10 Å². The topological polar surface area (TPSA) is 106 Å². The first-order chi connectivity index (χ1) is 13.5. The minimum absolute atomic E-state index is 0.0657. The predicted molar refractivity (Wildman–Crippen MR) is 104 cm³/mol. The van der Waals surface area contributed by atoms with Crippen LogP contribution in [0, 0.1) is 0 Å². The molecule has 1 aliphatic rings. The molecule has 0 bridgehead atoms. The number of amides is 1. The van der Waals surface area contributed by atoms with Crippen molar-refractivity contribution in [3.8, 4) is 0 Å². The minimum atomic E-state index is -3.50. The Labute approximate surface area is 165 Å². The molecule has 9 nitrogen and oxygen atoms in total. The third-order valence-corrected chi connectivity index (χ3v) is 6.73. The van der Waals surface area contributed by atoms with E-state index < -0.39 is 10.0 Å². The Bertz CT molecular complexity index is 906. The molecule has 154 valence electrons. The molecule has 1 aromatic heterocycles. The Morgan fingerprint density at radius 3 is 2.79 bits per heavy atom. The quantitative estimate of drug-likeness (QED) is 0.623. The Balaban J connectivity index is 1.65. The second kappa shape index (κ2) is 9.44. The maximum absolute atomic E-state index is 12.8. The van der Waals surface area contributed by atoms with E-state index in [-0.39, 0.29) is 17.2 Å². The minimum Gasteiger partial charge on any atom is -0.385 e. The molecule has 10 heteroatoms. The van der Waals surface area contributed by atoms with E-state index in [2.05, 4.69) is 15.6 Å². The van der Waals surface area contributed by atoms with E-state index in [0.717, 1.165) is 25.7 Å². The van der Waals surface area contributed by atoms with Gasteiger partial charge < -0.3 is 10.1 Å². The van der Waals surface area contributed by atoms with Crippen molar-refractivity contribution in [3.63, 3.8) is 0 Å².